The Morgan fingerprint density at radius 3 is 2.47 bits per heavy atom. The fourth-order valence-corrected chi connectivity index (χ4v) is 3.79. The molecule has 3 rings (SSSR count). The zero-order valence-electron chi connectivity index (χ0n) is 12.5. The average Bonchev–Trinajstić information content (AvgIpc) is 2.71. The Morgan fingerprint density at radius 1 is 1.16 bits per heavy atom. The summed E-state index contributed by atoms with van der Waals surface area (Å²) in [6.07, 6.45) is 3.52. The van der Waals surface area contributed by atoms with Gasteiger partial charge in [-0.05, 0) is 53.4 Å². The summed E-state index contributed by atoms with van der Waals surface area (Å²) < 4.78 is 0. The second-order valence-electron chi connectivity index (χ2n) is 7.37. The minimum absolute atomic E-state index is 0.377. The topological polar surface area (TPSA) is 32.3 Å². The number of benzene rings is 1. The number of fused-ring (bicyclic) bond motifs is 1. The van der Waals surface area contributed by atoms with E-state index < -0.39 is 0 Å². The summed E-state index contributed by atoms with van der Waals surface area (Å²) in [5.74, 6) is 0.395. The third kappa shape index (κ3) is 1.88. The van der Waals surface area contributed by atoms with Crippen LogP contribution < -0.4 is 5.32 Å². The van der Waals surface area contributed by atoms with E-state index in [9.17, 15) is 5.11 Å². The molecule has 1 saturated carbocycles. The molecule has 0 aromatic heterocycles. The van der Waals surface area contributed by atoms with Crippen molar-refractivity contribution in [2.75, 3.05) is 0 Å². The molecule has 0 heterocycles. The van der Waals surface area contributed by atoms with Crippen LogP contribution in [0.15, 0.2) is 18.2 Å². The van der Waals surface area contributed by atoms with E-state index in [4.69, 9.17) is 0 Å². The van der Waals surface area contributed by atoms with Gasteiger partial charge >= 0.3 is 0 Å². The summed E-state index contributed by atoms with van der Waals surface area (Å²) in [7, 11) is 0. The standard InChI is InChI=1S/C17H25NO/c1-16(2)15(17(16,3)4)18-14-7-5-6-11-10-12(19)8-9-13(11)14/h8-10,14-15,18-19H,5-7H2,1-4H3. The number of hydrogen-bond donors (Lipinski definition) is 2. The molecule has 2 aliphatic carbocycles. The number of rotatable bonds is 2. The van der Waals surface area contributed by atoms with Crippen molar-refractivity contribution in [1.29, 1.82) is 0 Å². The van der Waals surface area contributed by atoms with Crippen LogP contribution in [0.2, 0.25) is 0 Å². The molecule has 0 bridgehead atoms. The lowest BCUT2D eigenvalue weighted by Crippen LogP contribution is -2.30. The van der Waals surface area contributed by atoms with E-state index in [1.807, 2.05) is 12.1 Å². The molecule has 1 aromatic rings. The highest BCUT2D eigenvalue weighted by Crippen LogP contribution is 2.63. The SMILES string of the molecule is CC1(C)C(NC2CCCc3cc(O)ccc32)C1(C)C. The van der Waals surface area contributed by atoms with Gasteiger partial charge in [-0.15, -0.1) is 0 Å². The summed E-state index contributed by atoms with van der Waals surface area (Å²) in [5, 5.41) is 13.5. The molecule has 1 atom stereocenters. The van der Waals surface area contributed by atoms with E-state index in [0.29, 0.717) is 28.7 Å². The van der Waals surface area contributed by atoms with Crippen LogP contribution in [-0.2, 0) is 6.42 Å². The summed E-state index contributed by atoms with van der Waals surface area (Å²) in [6.45, 7) is 9.41. The van der Waals surface area contributed by atoms with Gasteiger partial charge in [0, 0.05) is 12.1 Å². The van der Waals surface area contributed by atoms with Crippen LogP contribution in [0, 0.1) is 10.8 Å². The first-order chi connectivity index (χ1) is 8.84. The van der Waals surface area contributed by atoms with Gasteiger partial charge < -0.3 is 10.4 Å². The maximum atomic E-state index is 9.61. The highest BCUT2D eigenvalue weighted by atomic mass is 16.3. The van der Waals surface area contributed by atoms with E-state index in [-0.39, 0.29) is 0 Å². The minimum atomic E-state index is 0.377. The quantitative estimate of drug-likeness (QED) is 0.847. The molecule has 0 spiro atoms. The largest absolute Gasteiger partial charge is 0.508 e. The Labute approximate surface area is 116 Å². The lowest BCUT2D eigenvalue weighted by atomic mass is 9.87. The lowest BCUT2D eigenvalue weighted by molar-refractivity contribution is 0.418. The van der Waals surface area contributed by atoms with Crippen molar-refractivity contribution >= 4 is 0 Å². The first kappa shape index (κ1) is 13.0. The summed E-state index contributed by atoms with van der Waals surface area (Å²) >= 11 is 0. The van der Waals surface area contributed by atoms with Gasteiger partial charge in [0.05, 0.1) is 0 Å². The van der Waals surface area contributed by atoms with E-state index in [2.05, 4.69) is 39.1 Å². The molecule has 1 aromatic carbocycles. The van der Waals surface area contributed by atoms with E-state index in [1.165, 1.54) is 24.0 Å². The first-order valence-corrected chi connectivity index (χ1v) is 7.42. The average molecular weight is 259 g/mol. The zero-order chi connectivity index (χ0) is 13.8. The van der Waals surface area contributed by atoms with Crippen LogP contribution in [0.4, 0.5) is 0 Å². The van der Waals surface area contributed by atoms with E-state index in [0.717, 1.165) is 6.42 Å². The van der Waals surface area contributed by atoms with Crippen LogP contribution >= 0.6 is 0 Å². The van der Waals surface area contributed by atoms with Crippen molar-refractivity contribution in [2.24, 2.45) is 10.8 Å². The molecular formula is C17H25NO. The van der Waals surface area contributed by atoms with Crippen LogP contribution in [0.1, 0.15) is 57.7 Å². The Hall–Kier alpha value is -1.02. The van der Waals surface area contributed by atoms with E-state index in [1.54, 1.807) is 0 Å². The van der Waals surface area contributed by atoms with Gasteiger partial charge in [-0.25, -0.2) is 0 Å². The van der Waals surface area contributed by atoms with Crippen LogP contribution in [0.5, 0.6) is 5.75 Å². The monoisotopic (exact) mass is 259 g/mol. The van der Waals surface area contributed by atoms with Gasteiger partial charge in [0.15, 0.2) is 0 Å². The number of phenols is 1. The number of aromatic hydroxyl groups is 1. The van der Waals surface area contributed by atoms with Crippen LogP contribution in [0.25, 0.3) is 0 Å². The summed E-state index contributed by atoms with van der Waals surface area (Å²) in [5.41, 5.74) is 3.46. The second kappa shape index (κ2) is 3.99. The summed E-state index contributed by atoms with van der Waals surface area (Å²) in [6, 6.07) is 6.90. The normalized spacial score (nSPS) is 27.9. The Morgan fingerprint density at radius 2 is 1.84 bits per heavy atom. The number of aryl methyl sites for hydroxylation is 1. The summed E-state index contributed by atoms with van der Waals surface area (Å²) in [4.78, 5) is 0. The predicted octanol–water partition coefficient (Wildman–Crippen LogP) is 3.79. The van der Waals surface area contributed by atoms with Crippen LogP contribution in [0.3, 0.4) is 0 Å². The molecule has 1 fully saturated rings. The molecule has 104 valence electrons. The number of phenolic OH excluding ortho intramolecular Hbond substituents is 1. The molecule has 0 aliphatic heterocycles. The molecule has 0 saturated heterocycles. The van der Waals surface area contributed by atoms with Crippen molar-refractivity contribution in [3.05, 3.63) is 29.3 Å². The Bertz CT molecular complexity index is 490. The van der Waals surface area contributed by atoms with Gasteiger partial charge in [-0.1, -0.05) is 33.8 Å². The van der Waals surface area contributed by atoms with Crippen molar-refractivity contribution in [3.63, 3.8) is 0 Å². The second-order valence-corrected chi connectivity index (χ2v) is 7.37. The number of hydrogen-bond acceptors (Lipinski definition) is 2. The van der Waals surface area contributed by atoms with Gasteiger partial charge in [-0.2, -0.15) is 0 Å². The van der Waals surface area contributed by atoms with Gasteiger partial charge in [0.1, 0.15) is 5.75 Å². The molecule has 1 unspecified atom stereocenters. The molecule has 0 radical (unpaired) electrons. The molecule has 2 aliphatic rings. The van der Waals surface area contributed by atoms with Gasteiger partial charge in [0.25, 0.3) is 0 Å². The van der Waals surface area contributed by atoms with Gasteiger partial charge in [0.2, 0.25) is 0 Å². The third-order valence-electron chi connectivity index (χ3n) is 5.83. The maximum Gasteiger partial charge on any atom is 0.115 e. The Kier molecular flexibility index (Phi) is 2.72. The maximum absolute atomic E-state index is 9.61. The molecular weight excluding hydrogens is 234 g/mol. The highest BCUT2D eigenvalue weighted by Gasteiger charge is 2.65. The fourth-order valence-electron chi connectivity index (χ4n) is 3.79. The smallest absolute Gasteiger partial charge is 0.115 e. The lowest BCUT2D eigenvalue weighted by Gasteiger charge is -2.27. The zero-order valence-corrected chi connectivity index (χ0v) is 12.5. The number of nitrogens with one attached hydrogen (secondary N) is 1. The molecule has 0 amide bonds. The molecule has 2 N–H and O–H groups in total. The highest BCUT2D eigenvalue weighted by molar-refractivity contribution is 5.39. The first-order valence-electron chi connectivity index (χ1n) is 7.42. The van der Waals surface area contributed by atoms with Crippen LogP contribution in [-0.4, -0.2) is 11.1 Å². The fraction of sp³-hybridized carbons (Fsp3) is 0.647. The predicted molar refractivity (Wildman–Crippen MR) is 78.3 cm³/mol. The van der Waals surface area contributed by atoms with Crippen molar-refractivity contribution in [1.82, 2.24) is 5.32 Å². The van der Waals surface area contributed by atoms with Crippen molar-refractivity contribution in [3.8, 4) is 5.75 Å². The third-order valence-corrected chi connectivity index (χ3v) is 5.83. The Balaban J connectivity index is 1.82. The van der Waals surface area contributed by atoms with E-state index >= 15 is 0 Å². The van der Waals surface area contributed by atoms with Gasteiger partial charge in [-0.3, -0.25) is 0 Å². The van der Waals surface area contributed by atoms with Crippen molar-refractivity contribution in [2.45, 2.75) is 59.0 Å². The van der Waals surface area contributed by atoms with Crippen molar-refractivity contribution < 1.29 is 5.11 Å². The molecule has 2 heteroatoms. The molecule has 2 nitrogen and oxygen atoms in total. The molecule has 19 heavy (non-hydrogen) atoms. The minimum Gasteiger partial charge on any atom is -0.508 e.